The summed E-state index contributed by atoms with van der Waals surface area (Å²) in [6.07, 6.45) is -0.625. The molecule has 17 heavy (non-hydrogen) atoms. The van der Waals surface area contributed by atoms with Crippen LogP contribution >= 0.6 is 0 Å². The van der Waals surface area contributed by atoms with Crippen LogP contribution in [0.2, 0.25) is 0 Å². The van der Waals surface area contributed by atoms with Crippen molar-refractivity contribution in [1.29, 1.82) is 0 Å². The van der Waals surface area contributed by atoms with Gasteiger partial charge in [0.25, 0.3) is 0 Å². The number of carbonyl (C=O) groups is 3. The number of hydrogen-bond donors (Lipinski definition) is 3. The number of carbonyl (C=O) groups excluding carboxylic acids is 2. The maximum Gasteiger partial charge on any atom is 0.312 e. The van der Waals surface area contributed by atoms with E-state index < -0.39 is 24.2 Å². The van der Waals surface area contributed by atoms with Crippen molar-refractivity contribution < 1.29 is 19.5 Å². The van der Waals surface area contributed by atoms with E-state index in [0.29, 0.717) is 11.3 Å². The van der Waals surface area contributed by atoms with E-state index >= 15 is 0 Å². The van der Waals surface area contributed by atoms with Crippen LogP contribution in [0.1, 0.15) is 22.3 Å². The van der Waals surface area contributed by atoms with Gasteiger partial charge in [-0.25, -0.2) is 0 Å². The highest BCUT2D eigenvalue weighted by atomic mass is 16.4. The zero-order chi connectivity index (χ0) is 13.0. The second-order valence-electron chi connectivity index (χ2n) is 3.46. The van der Waals surface area contributed by atoms with Crippen LogP contribution in [0.25, 0.3) is 0 Å². The maximum absolute atomic E-state index is 11.2. The van der Waals surface area contributed by atoms with Gasteiger partial charge in [-0.3, -0.25) is 14.4 Å². The van der Waals surface area contributed by atoms with Gasteiger partial charge in [-0.1, -0.05) is 6.07 Å². The molecule has 6 nitrogen and oxygen atoms in total. The first-order valence-electron chi connectivity index (χ1n) is 4.83. The quantitative estimate of drug-likeness (QED) is 0.661. The molecule has 0 heterocycles. The largest absolute Gasteiger partial charge is 0.481 e. The third-order valence-electron chi connectivity index (χ3n) is 2.19. The molecule has 0 saturated carbocycles. The monoisotopic (exact) mass is 236 g/mol. The molecule has 0 unspecified atom stereocenters. The second-order valence-corrected chi connectivity index (χ2v) is 3.46. The van der Waals surface area contributed by atoms with Crippen LogP contribution in [0.15, 0.2) is 18.2 Å². The number of hydrogen-bond acceptors (Lipinski definition) is 3. The number of nitrogens with one attached hydrogen (secondary N) is 1. The second kappa shape index (κ2) is 5.11. The Hall–Kier alpha value is -2.37. The number of benzene rings is 1. The molecule has 0 fully saturated rings. The van der Waals surface area contributed by atoms with Crippen LogP contribution in [0.4, 0.5) is 5.69 Å². The standard InChI is InChI=1S/C11H12N2O4/c1-6-7(11(12)17)3-2-4-8(6)13-9(14)5-10(15)16/h2-4H,5H2,1H3,(H2,12,17)(H,13,14)(H,15,16). The van der Waals surface area contributed by atoms with Crippen LogP contribution in [0.3, 0.4) is 0 Å². The number of rotatable bonds is 4. The van der Waals surface area contributed by atoms with Crippen molar-refractivity contribution in [3.05, 3.63) is 29.3 Å². The number of nitrogens with two attached hydrogens (primary N) is 1. The molecule has 1 rings (SSSR count). The summed E-state index contributed by atoms with van der Waals surface area (Å²) < 4.78 is 0. The molecular formula is C11H12N2O4. The molecule has 0 aliphatic rings. The van der Waals surface area contributed by atoms with Gasteiger partial charge in [0.2, 0.25) is 11.8 Å². The molecule has 0 atom stereocenters. The molecule has 90 valence electrons. The summed E-state index contributed by atoms with van der Waals surface area (Å²) in [5.41, 5.74) is 6.33. The van der Waals surface area contributed by atoms with Gasteiger partial charge in [0, 0.05) is 11.3 Å². The fraction of sp³-hybridized carbons (Fsp3) is 0.182. The van der Waals surface area contributed by atoms with Crippen molar-refractivity contribution in [3.63, 3.8) is 0 Å². The van der Waals surface area contributed by atoms with Crippen molar-refractivity contribution >= 4 is 23.5 Å². The Morgan fingerprint density at radius 1 is 1.35 bits per heavy atom. The van der Waals surface area contributed by atoms with E-state index in [4.69, 9.17) is 10.8 Å². The van der Waals surface area contributed by atoms with Gasteiger partial charge >= 0.3 is 5.97 Å². The summed E-state index contributed by atoms with van der Waals surface area (Å²) in [4.78, 5) is 32.6. The first-order valence-corrected chi connectivity index (χ1v) is 4.83. The van der Waals surface area contributed by atoms with E-state index in [9.17, 15) is 14.4 Å². The molecule has 4 N–H and O–H groups in total. The smallest absolute Gasteiger partial charge is 0.312 e. The summed E-state index contributed by atoms with van der Waals surface area (Å²) in [6.45, 7) is 1.62. The molecule has 0 aliphatic carbocycles. The van der Waals surface area contributed by atoms with Crippen molar-refractivity contribution in [2.24, 2.45) is 5.73 Å². The van der Waals surface area contributed by atoms with E-state index in [1.54, 1.807) is 19.1 Å². The molecule has 0 bridgehead atoms. The van der Waals surface area contributed by atoms with Gasteiger partial charge in [-0.05, 0) is 24.6 Å². The number of aliphatic carboxylic acids is 1. The van der Waals surface area contributed by atoms with E-state index in [0.717, 1.165) is 0 Å². The Balaban J connectivity index is 2.92. The lowest BCUT2D eigenvalue weighted by molar-refractivity contribution is -0.139. The normalized spacial score (nSPS) is 9.71. The van der Waals surface area contributed by atoms with Crippen molar-refractivity contribution in [2.45, 2.75) is 13.3 Å². The molecule has 0 saturated heterocycles. The van der Waals surface area contributed by atoms with Crippen LogP contribution in [-0.4, -0.2) is 22.9 Å². The molecule has 6 heteroatoms. The Labute approximate surface area is 97.4 Å². The zero-order valence-electron chi connectivity index (χ0n) is 9.19. The first kappa shape index (κ1) is 12.7. The Kier molecular flexibility index (Phi) is 3.82. The van der Waals surface area contributed by atoms with E-state index in [1.807, 2.05) is 0 Å². The molecule has 1 aromatic carbocycles. The van der Waals surface area contributed by atoms with Crippen LogP contribution in [-0.2, 0) is 9.59 Å². The Morgan fingerprint density at radius 3 is 2.53 bits per heavy atom. The van der Waals surface area contributed by atoms with E-state index in [1.165, 1.54) is 6.07 Å². The van der Waals surface area contributed by atoms with Crippen LogP contribution in [0, 0.1) is 6.92 Å². The molecule has 0 spiro atoms. The zero-order valence-corrected chi connectivity index (χ0v) is 9.19. The highest BCUT2D eigenvalue weighted by Gasteiger charge is 2.12. The minimum absolute atomic E-state index is 0.290. The number of primary amides is 1. The third kappa shape index (κ3) is 3.30. The fourth-order valence-electron chi connectivity index (χ4n) is 1.37. The lowest BCUT2D eigenvalue weighted by Crippen LogP contribution is -2.18. The average molecular weight is 236 g/mol. The van der Waals surface area contributed by atoms with Crippen molar-refractivity contribution in [3.8, 4) is 0 Å². The van der Waals surface area contributed by atoms with Gasteiger partial charge in [-0.15, -0.1) is 0 Å². The van der Waals surface area contributed by atoms with Gasteiger partial charge in [0.05, 0.1) is 0 Å². The molecule has 1 aromatic rings. The van der Waals surface area contributed by atoms with E-state index in [-0.39, 0.29) is 5.56 Å². The fourth-order valence-corrected chi connectivity index (χ4v) is 1.37. The van der Waals surface area contributed by atoms with Gasteiger partial charge < -0.3 is 16.2 Å². The van der Waals surface area contributed by atoms with Crippen molar-refractivity contribution in [1.82, 2.24) is 0 Å². The van der Waals surface area contributed by atoms with Gasteiger partial charge in [-0.2, -0.15) is 0 Å². The highest BCUT2D eigenvalue weighted by Crippen LogP contribution is 2.18. The minimum Gasteiger partial charge on any atom is -0.481 e. The van der Waals surface area contributed by atoms with Crippen molar-refractivity contribution in [2.75, 3.05) is 5.32 Å². The summed E-state index contributed by atoms with van der Waals surface area (Å²) in [5.74, 6) is -2.47. The SMILES string of the molecule is Cc1c(NC(=O)CC(=O)O)cccc1C(N)=O. The number of anilines is 1. The Bertz CT molecular complexity index is 482. The molecule has 0 aromatic heterocycles. The maximum atomic E-state index is 11.2. The lowest BCUT2D eigenvalue weighted by atomic mass is 10.1. The first-order chi connectivity index (χ1) is 7.91. The topological polar surface area (TPSA) is 109 Å². The average Bonchev–Trinajstić information content (AvgIpc) is 2.19. The van der Waals surface area contributed by atoms with Gasteiger partial charge in [0.1, 0.15) is 6.42 Å². The Morgan fingerprint density at radius 2 is 2.00 bits per heavy atom. The van der Waals surface area contributed by atoms with Crippen LogP contribution in [0.5, 0.6) is 0 Å². The lowest BCUT2D eigenvalue weighted by Gasteiger charge is -2.09. The number of carboxylic acids is 1. The van der Waals surface area contributed by atoms with E-state index in [2.05, 4.69) is 5.32 Å². The summed E-state index contributed by atoms with van der Waals surface area (Å²) in [7, 11) is 0. The molecule has 2 amide bonds. The van der Waals surface area contributed by atoms with Gasteiger partial charge in [0.15, 0.2) is 0 Å². The summed E-state index contributed by atoms with van der Waals surface area (Å²) in [5, 5.41) is 10.8. The minimum atomic E-state index is -1.22. The molecular weight excluding hydrogens is 224 g/mol. The van der Waals surface area contributed by atoms with Crippen LogP contribution < -0.4 is 11.1 Å². The predicted molar refractivity (Wildman–Crippen MR) is 60.6 cm³/mol. The molecule has 0 aliphatic heterocycles. The molecule has 0 radical (unpaired) electrons. The third-order valence-corrected chi connectivity index (χ3v) is 2.19. The highest BCUT2D eigenvalue weighted by molar-refractivity contribution is 6.03. The summed E-state index contributed by atoms with van der Waals surface area (Å²) in [6, 6.07) is 4.66. The summed E-state index contributed by atoms with van der Waals surface area (Å²) >= 11 is 0. The predicted octanol–water partition coefficient (Wildman–Crippen LogP) is 0.507. The number of amides is 2. The number of carboxylic acid groups (broad SMARTS) is 1.